The molecule has 200 valence electrons. The molecule has 0 aromatic heterocycles. The van der Waals surface area contributed by atoms with Crippen molar-refractivity contribution in [2.45, 2.75) is 0 Å². The fraction of sp³-hybridized carbons (Fsp3) is 0.179. The highest BCUT2D eigenvalue weighted by Gasteiger charge is 2.23. The molecule has 1 aliphatic heterocycles. The fourth-order valence-corrected chi connectivity index (χ4v) is 3.63. The number of rotatable bonds is 7. The van der Waals surface area contributed by atoms with E-state index in [9.17, 15) is 19.2 Å². The summed E-state index contributed by atoms with van der Waals surface area (Å²) < 4.78 is 15.7. The number of hydrogen-bond donors (Lipinski definition) is 2. The molecule has 0 atom stereocenters. The van der Waals surface area contributed by atoms with Crippen LogP contribution in [0.4, 0.5) is 5.69 Å². The van der Waals surface area contributed by atoms with Crippen molar-refractivity contribution < 1.29 is 33.4 Å². The van der Waals surface area contributed by atoms with Crippen LogP contribution >= 0.6 is 0 Å². The molecular weight excluding hydrogens is 504 g/mol. The van der Waals surface area contributed by atoms with E-state index in [0.717, 1.165) is 0 Å². The molecule has 3 aromatic rings. The summed E-state index contributed by atoms with van der Waals surface area (Å²) in [7, 11) is 1.54. The molecule has 1 saturated heterocycles. The number of amides is 3. The second-order valence-corrected chi connectivity index (χ2v) is 8.29. The van der Waals surface area contributed by atoms with Gasteiger partial charge < -0.3 is 24.4 Å². The van der Waals surface area contributed by atoms with Crippen molar-refractivity contribution in [3.8, 4) is 11.5 Å². The molecule has 11 heteroatoms. The van der Waals surface area contributed by atoms with Crippen LogP contribution in [0.1, 0.15) is 26.3 Å². The Labute approximate surface area is 224 Å². The maximum atomic E-state index is 12.8. The summed E-state index contributed by atoms with van der Waals surface area (Å²) in [5.74, 6) is -1.82. The Bertz CT molecular complexity index is 1370. The van der Waals surface area contributed by atoms with Crippen LogP contribution in [-0.4, -0.2) is 68.2 Å². The van der Waals surface area contributed by atoms with E-state index in [1.165, 1.54) is 13.3 Å². The number of carbonyl (C=O) groups is 4. The van der Waals surface area contributed by atoms with Crippen LogP contribution in [0.3, 0.4) is 0 Å². The zero-order valence-corrected chi connectivity index (χ0v) is 21.1. The molecule has 0 spiro atoms. The lowest BCUT2D eigenvalue weighted by Gasteiger charge is -2.27. The predicted molar refractivity (Wildman–Crippen MR) is 142 cm³/mol. The van der Waals surface area contributed by atoms with E-state index in [4.69, 9.17) is 14.2 Å². The van der Waals surface area contributed by atoms with Gasteiger partial charge in [-0.25, -0.2) is 10.2 Å². The molecule has 3 amide bonds. The van der Waals surface area contributed by atoms with E-state index in [-0.39, 0.29) is 17.2 Å². The van der Waals surface area contributed by atoms with Gasteiger partial charge >= 0.3 is 17.8 Å². The molecule has 4 rings (SSSR count). The molecule has 1 aliphatic rings. The summed E-state index contributed by atoms with van der Waals surface area (Å²) >= 11 is 0. The van der Waals surface area contributed by atoms with E-state index in [1.807, 2.05) is 0 Å². The summed E-state index contributed by atoms with van der Waals surface area (Å²) in [4.78, 5) is 51.4. The van der Waals surface area contributed by atoms with Crippen molar-refractivity contribution in [1.82, 2.24) is 10.3 Å². The average Bonchev–Trinajstić information content (AvgIpc) is 2.98. The van der Waals surface area contributed by atoms with Gasteiger partial charge in [-0.05, 0) is 66.2 Å². The molecule has 0 radical (unpaired) electrons. The van der Waals surface area contributed by atoms with Crippen LogP contribution < -0.4 is 20.2 Å². The van der Waals surface area contributed by atoms with Gasteiger partial charge in [0.25, 0.3) is 5.91 Å². The van der Waals surface area contributed by atoms with Gasteiger partial charge in [0.15, 0.2) is 0 Å². The van der Waals surface area contributed by atoms with E-state index in [0.29, 0.717) is 48.9 Å². The van der Waals surface area contributed by atoms with E-state index in [1.54, 1.807) is 77.7 Å². The number of nitrogens with one attached hydrogen (secondary N) is 2. The number of carbonyl (C=O) groups excluding carboxylic acids is 4. The number of para-hydroxylation sites is 1. The zero-order chi connectivity index (χ0) is 27.6. The third-order valence-corrected chi connectivity index (χ3v) is 5.71. The first-order chi connectivity index (χ1) is 18.9. The molecule has 0 aliphatic carbocycles. The van der Waals surface area contributed by atoms with Gasteiger partial charge in [0.1, 0.15) is 11.5 Å². The quantitative estimate of drug-likeness (QED) is 0.158. The van der Waals surface area contributed by atoms with Crippen molar-refractivity contribution in [3.63, 3.8) is 0 Å². The maximum absolute atomic E-state index is 12.8. The van der Waals surface area contributed by atoms with Gasteiger partial charge in [0.2, 0.25) is 0 Å². The lowest BCUT2D eigenvalue weighted by molar-refractivity contribution is -0.136. The molecule has 0 saturated carbocycles. The molecular formula is C28H26N4O7. The summed E-state index contributed by atoms with van der Waals surface area (Å²) in [5.41, 5.74) is 3.60. The Balaban J connectivity index is 1.29. The van der Waals surface area contributed by atoms with Gasteiger partial charge in [-0.2, -0.15) is 5.10 Å². The van der Waals surface area contributed by atoms with E-state index >= 15 is 0 Å². The smallest absolute Gasteiger partial charge is 0.343 e. The lowest BCUT2D eigenvalue weighted by Crippen LogP contribution is -2.41. The zero-order valence-electron chi connectivity index (χ0n) is 21.1. The monoisotopic (exact) mass is 530 g/mol. The van der Waals surface area contributed by atoms with Crippen molar-refractivity contribution in [2.24, 2.45) is 5.10 Å². The first-order valence-electron chi connectivity index (χ1n) is 12.0. The van der Waals surface area contributed by atoms with Gasteiger partial charge in [-0.1, -0.05) is 12.1 Å². The number of ether oxygens (including phenoxy) is 3. The first-order valence-corrected chi connectivity index (χ1v) is 12.0. The Morgan fingerprint density at radius 1 is 0.872 bits per heavy atom. The van der Waals surface area contributed by atoms with Crippen molar-refractivity contribution >= 4 is 35.6 Å². The number of nitrogens with zero attached hydrogens (tertiary/aromatic N) is 2. The predicted octanol–water partition coefficient (Wildman–Crippen LogP) is 2.48. The van der Waals surface area contributed by atoms with Crippen molar-refractivity contribution in [1.29, 1.82) is 0 Å². The number of hydrogen-bond acceptors (Lipinski definition) is 8. The largest absolute Gasteiger partial charge is 0.497 e. The minimum atomic E-state index is -1.01. The topological polar surface area (TPSA) is 136 Å². The molecule has 3 aromatic carbocycles. The molecule has 1 heterocycles. The highest BCUT2D eigenvalue weighted by atomic mass is 16.5. The third kappa shape index (κ3) is 7.27. The molecule has 0 unspecified atom stereocenters. The molecule has 1 fully saturated rings. The number of hydrazone groups is 1. The number of methoxy groups -OCH3 is 1. The van der Waals surface area contributed by atoms with Gasteiger partial charge in [0, 0.05) is 13.1 Å². The highest BCUT2D eigenvalue weighted by Crippen LogP contribution is 2.19. The molecule has 39 heavy (non-hydrogen) atoms. The summed E-state index contributed by atoms with van der Waals surface area (Å²) in [6.07, 6.45) is 1.33. The van der Waals surface area contributed by atoms with Gasteiger partial charge in [0.05, 0.1) is 43.4 Å². The summed E-state index contributed by atoms with van der Waals surface area (Å²) in [6.45, 7) is 1.78. The Hall–Kier alpha value is -5.03. The van der Waals surface area contributed by atoms with Crippen LogP contribution in [0.15, 0.2) is 77.9 Å². The molecule has 2 N–H and O–H groups in total. The number of benzene rings is 3. The fourth-order valence-electron chi connectivity index (χ4n) is 3.63. The standard InChI is InChI=1S/C28H26N4O7/c1-37-21-12-8-20(9-13-21)28(36)39-22-10-6-19(7-11-22)18-29-31-26(34)25(33)30-24-5-3-2-4-23(24)27(35)32-14-16-38-17-15-32/h2-13,18H,14-17H2,1H3,(H,30,33)(H,31,34)/b29-18-. The molecule has 0 bridgehead atoms. The molecule has 11 nitrogen and oxygen atoms in total. The number of anilines is 1. The van der Waals surface area contributed by atoms with Crippen LogP contribution in [0.5, 0.6) is 11.5 Å². The Morgan fingerprint density at radius 2 is 1.54 bits per heavy atom. The van der Waals surface area contributed by atoms with Gasteiger partial charge in [-0.3, -0.25) is 14.4 Å². The third-order valence-electron chi connectivity index (χ3n) is 5.71. The van der Waals surface area contributed by atoms with Crippen LogP contribution in [-0.2, 0) is 14.3 Å². The maximum Gasteiger partial charge on any atom is 0.343 e. The van der Waals surface area contributed by atoms with Crippen LogP contribution in [0.2, 0.25) is 0 Å². The second kappa shape index (κ2) is 13.0. The number of morpholine rings is 1. The normalized spacial score (nSPS) is 13.0. The number of esters is 1. The second-order valence-electron chi connectivity index (χ2n) is 8.29. The van der Waals surface area contributed by atoms with E-state index < -0.39 is 17.8 Å². The Morgan fingerprint density at radius 3 is 2.23 bits per heavy atom. The van der Waals surface area contributed by atoms with E-state index in [2.05, 4.69) is 15.8 Å². The minimum Gasteiger partial charge on any atom is -0.497 e. The lowest BCUT2D eigenvalue weighted by atomic mass is 10.1. The minimum absolute atomic E-state index is 0.220. The summed E-state index contributed by atoms with van der Waals surface area (Å²) in [5, 5.41) is 6.26. The van der Waals surface area contributed by atoms with Gasteiger partial charge in [-0.15, -0.1) is 0 Å². The van der Waals surface area contributed by atoms with Crippen LogP contribution in [0.25, 0.3) is 0 Å². The van der Waals surface area contributed by atoms with Crippen LogP contribution in [0, 0.1) is 0 Å². The first kappa shape index (κ1) is 27.0. The highest BCUT2D eigenvalue weighted by molar-refractivity contribution is 6.40. The van der Waals surface area contributed by atoms with Crippen molar-refractivity contribution in [3.05, 3.63) is 89.5 Å². The SMILES string of the molecule is COc1ccc(C(=O)Oc2ccc(/C=N\NC(=O)C(=O)Nc3ccccc3C(=O)N3CCOCC3)cc2)cc1. The summed E-state index contributed by atoms with van der Waals surface area (Å²) in [6, 6.07) is 19.4. The average molecular weight is 531 g/mol. The Kier molecular flexibility index (Phi) is 8.99. The van der Waals surface area contributed by atoms with Crippen molar-refractivity contribution in [2.75, 3.05) is 38.7 Å².